The quantitative estimate of drug-likeness (QED) is 0.698. The van der Waals surface area contributed by atoms with E-state index in [9.17, 15) is 0 Å². The Labute approximate surface area is 86.2 Å². The maximum absolute atomic E-state index is 3.23. The zero-order chi connectivity index (χ0) is 10.1. The summed E-state index contributed by atoms with van der Waals surface area (Å²) in [4.78, 5) is 0. The van der Waals surface area contributed by atoms with Gasteiger partial charge in [-0.3, -0.25) is 0 Å². The molecule has 14 heavy (non-hydrogen) atoms. The van der Waals surface area contributed by atoms with Crippen molar-refractivity contribution in [2.24, 2.45) is 0 Å². The number of benzene rings is 1. The van der Waals surface area contributed by atoms with E-state index >= 15 is 0 Å². The Morgan fingerprint density at radius 2 is 1.93 bits per heavy atom. The monoisotopic (exact) mass is 187 g/mol. The standard InChI is InChI=1S/C13H17N/c1-2-3-4-8-11-14-12-13-9-6-5-7-10-13/h3-11,14H,2,12H2,1H3/b4-3-,11-8+. The van der Waals surface area contributed by atoms with E-state index in [4.69, 9.17) is 0 Å². The van der Waals surface area contributed by atoms with Crippen LogP contribution < -0.4 is 5.32 Å². The first-order valence-corrected chi connectivity index (χ1v) is 5.02. The van der Waals surface area contributed by atoms with Gasteiger partial charge in [0.1, 0.15) is 0 Å². The van der Waals surface area contributed by atoms with Crippen LogP contribution >= 0.6 is 0 Å². The third kappa shape index (κ3) is 4.51. The van der Waals surface area contributed by atoms with Gasteiger partial charge < -0.3 is 5.32 Å². The highest BCUT2D eigenvalue weighted by Gasteiger charge is 1.85. The van der Waals surface area contributed by atoms with Gasteiger partial charge in [-0.15, -0.1) is 0 Å². The Bertz CT molecular complexity index is 285. The van der Waals surface area contributed by atoms with E-state index in [0.29, 0.717) is 0 Å². The first-order chi connectivity index (χ1) is 6.93. The molecule has 0 aliphatic rings. The average Bonchev–Trinajstić information content (AvgIpc) is 2.25. The van der Waals surface area contributed by atoms with E-state index in [1.54, 1.807) is 0 Å². The van der Waals surface area contributed by atoms with Crippen LogP contribution in [0.3, 0.4) is 0 Å². The van der Waals surface area contributed by atoms with Crippen molar-refractivity contribution in [2.45, 2.75) is 19.9 Å². The molecular formula is C13H17N. The highest BCUT2D eigenvalue weighted by Crippen LogP contribution is 1.96. The first-order valence-electron chi connectivity index (χ1n) is 5.02. The van der Waals surface area contributed by atoms with Gasteiger partial charge in [0.15, 0.2) is 0 Å². The van der Waals surface area contributed by atoms with E-state index in [2.05, 4.69) is 48.7 Å². The molecular weight excluding hydrogens is 170 g/mol. The lowest BCUT2D eigenvalue weighted by Gasteiger charge is -1.99. The molecule has 0 saturated carbocycles. The smallest absolute Gasteiger partial charge is 0.0395 e. The van der Waals surface area contributed by atoms with Crippen molar-refractivity contribution in [3.63, 3.8) is 0 Å². The van der Waals surface area contributed by atoms with E-state index < -0.39 is 0 Å². The summed E-state index contributed by atoms with van der Waals surface area (Å²) >= 11 is 0. The van der Waals surface area contributed by atoms with Crippen molar-refractivity contribution in [3.05, 3.63) is 60.3 Å². The fraction of sp³-hybridized carbons (Fsp3) is 0.231. The summed E-state index contributed by atoms with van der Waals surface area (Å²) in [6.45, 7) is 3.01. The summed E-state index contributed by atoms with van der Waals surface area (Å²) in [5.41, 5.74) is 1.30. The van der Waals surface area contributed by atoms with Gasteiger partial charge in [0.25, 0.3) is 0 Å². The molecule has 0 fully saturated rings. The molecule has 0 aliphatic heterocycles. The summed E-state index contributed by atoms with van der Waals surface area (Å²) in [7, 11) is 0. The summed E-state index contributed by atoms with van der Waals surface area (Å²) in [6, 6.07) is 10.4. The normalized spacial score (nSPS) is 11.2. The zero-order valence-electron chi connectivity index (χ0n) is 8.61. The highest BCUT2D eigenvalue weighted by atomic mass is 14.8. The molecule has 1 nitrogen and oxygen atoms in total. The molecule has 0 spiro atoms. The molecule has 1 aromatic rings. The van der Waals surface area contributed by atoms with Crippen molar-refractivity contribution in [1.29, 1.82) is 0 Å². The van der Waals surface area contributed by atoms with Crippen molar-refractivity contribution in [1.82, 2.24) is 5.32 Å². The van der Waals surface area contributed by atoms with Gasteiger partial charge in [0.2, 0.25) is 0 Å². The van der Waals surface area contributed by atoms with E-state index in [-0.39, 0.29) is 0 Å². The van der Waals surface area contributed by atoms with Gasteiger partial charge in [-0.1, -0.05) is 49.4 Å². The molecule has 1 heteroatoms. The van der Waals surface area contributed by atoms with Crippen LogP contribution in [0.2, 0.25) is 0 Å². The number of rotatable bonds is 5. The van der Waals surface area contributed by atoms with Crippen LogP contribution in [0.4, 0.5) is 0 Å². The van der Waals surface area contributed by atoms with Crippen LogP contribution in [0.1, 0.15) is 18.9 Å². The van der Waals surface area contributed by atoms with Crippen molar-refractivity contribution >= 4 is 0 Å². The molecule has 0 aliphatic carbocycles. The average molecular weight is 187 g/mol. The van der Waals surface area contributed by atoms with Crippen LogP contribution in [0.25, 0.3) is 0 Å². The molecule has 1 rings (SSSR count). The fourth-order valence-corrected chi connectivity index (χ4v) is 1.11. The Hall–Kier alpha value is -1.50. The Balaban J connectivity index is 2.22. The first kappa shape index (κ1) is 10.6. The SMILES string of the molecule is CC/C=C\C=C\NCc1ccccc1. The maximum atomic E-state index is 3.23. The third-order valence-corrected chi connectivity index (χ3v) is 1.85. The number of hydrogen-bond acceptors (Lipinski definition) is 1. The lowest BCUT2D eigenvalue weighted by molar-refractivity contribution is 0.870. The number of hydrogen-bond donors (Lipinski definition) is 1. The zero-order valence-corrected chi connectivity index (χ0v) is 8.61. The summed E-state index contributed by atoms with van der Waals surface area (Å²) < 4.78 is 0. The molecule has 74 valence electrons. The summed E-state index contributed by atoms with van der Waals surface area (Å²) in [5.74, 6) is 0. The minimum Gasteiger partial charge on any atom is -0.387 e. The molecule has 0 heterocycles. The van der Waals surface area contributed by atoms with Gasteiger partial charge in [-0.05, 0) is 24.3 Å². The number of nitrogens with one attached hydrogen (secondary N) is 1. The predicted molar refractivity (Wildman–Crippen MR) is 61.9 cm³/mol. The van der Waals surface area contributed by atoms with Gasteiger partial charge in [0.05, 0.1) is 0 Å². The lowest BCUT2D eigenvalue weighted by Crippen LogP contribution is -2.03. The predicted octanol–water partition coefficient (Wildman–Crippen LogP) is 3.26. The lowest BCUT2D eigenvalue weighted by atomic mass is 10.2. The minimum absolute atomic E-state index is 0.886. The van der Waals surface area contributed by atoms with Gasteiger partial charge in [0, 0.05) is 6.54 Å². The van der Waals surface area contributed by atoms with Crippen LogP contribution in [0.15, 0.2) is 54.8 Å². The molecule has 0 atom stereocenters. The van der Waals surface area contributed by atoms with E-state index in [1.165, 1.54) is 5.56 Å². The summed E-state index contributed by atoms with van der Waals surface area (Å²) in [6.07, 6.45) is 9.26. The van der Waals surface area contributed by atoms with E-state index in [1.807, 2.05) is 18.3 Å². The van der Waals surface area contributed by atoms with Crippen LogP contribution in [-0.2, 0) is 6.54 Å². The molecule has 0 unspecified atom stereocenters. The third-order valence-electron chi connectivity index (χ3n) is 1.85. The van der Waals surface area contributed by atoms with Crippen LogP contribution in [0, 0.1) is 0 Å². The second-order valence-electron chi connectivity index (χ2n) is 3.06. The largest absolute Gasteiger partial charge is 0.387 e. The molecule has 1 N–H and O–H groups in total. The van der Waals surface area contributed by atoms with Crippen molar-refractivity contribution < 1.29 is 0 Å². The molecule has 1 aromatic carbocycles. The number of allylic oxidation sites excluding steroid dienone is 3. The maximum Gasteiger partial charge on any atom is 0.0395 e. The van der Waals surface area contributed by atoms with Gasteiger partial charge in [-0.25, -0.2) is 0 Å². The molecule has 0 aromatic heterocycles. The Morgan fingerprint density at radius 3 is 2.64 bits per heavy atom. The molecule has 0 saturated heterocycles. The van der Waals surface area contributed by atoms with Crippen LogP contribution in [-0.4, -0.2) is 0 Å². The fourth-order valence-electron chi connectivity index (χ4n) is 1.11. The second kappa shape index (κ2) is 6.96. The van der Waals surface area contributed by atoms with Crippen molar-refractivity contribution in [3.8, 4) is 0 Å². The van der Waals surface area contributed by atoms with Crippen molar-refractivity contribution in [2.75, 3.05) is 0 Å². The second-order valence-corrected chi connectivity index (χ2v) is 3.06. The van der Waals surface area contributed by atoms with Crippen LogP contribution in [0.5, 0.6) is 0 Å². The molecule has 0 radical (unpaired) electrons. The summed E-state index contributed by atoms with van der Waals surface area (Å²) in [5, 5.41) is 3.23. The highest BCUT2D eigenvalue weighted by molar-refractivity contribution is 5.14. The van der Waals surface area contributed by atoms with E-state index in [0.717, 1.165) is 13.0 Å². The van der Waals surface area contributed by atoms with Gasteiger partial charge in [-0.2, -0.15) is 0 Å². The Kier molecular flexibility index (Phi) is 5.26. The Morgan fingerprint density at radius 1 is 1.14 bits per heavy atom. The molecule has 0 amide bonds. The minimum atomic E-state index is 0.886. The molecule has 0 bridgehead atoms. The van der Waals surface area contributed by atoms with Gasteiger partial charge >= 0.3 is 0 Å². The topological polar surface area (TPSA) is 12.0 Å².